The molecule has 0 N–H and O–H groups in total. The van der Waals surface area contributed by atoms with Gasteiger partial charge in [-0.05, 0) is 105 Å². The molecule has 0 aliphatic rings. The van der Waals surface area contributed by atoms with Crippen LogP contribution in [0, 0.1) is 7.14 Å². The summed E-state index contributed by atoms with van der Waals surface area (Å²) in [7, 11) is 0. The molecule has 0 atom stereocenters. The number of rotatable bonds is 7. The first-order chi connectivity index (χ1) is 16.8. The Bertz CT molecular complexity index is 1490. The number of aromatic nitrogens is 2. The summed E-state index contributed by atoms with van der Waals surface area (Å²) in [6.45, 7) is 2.41. The van der Waals surface area contributed by atoms with Gasteiger partial charge >= 0.3 is 0 Å². The Labute approximate surface area is 248 Å². The first-order valence-electron chi connectivity index (χ1n) is 10.6. The van der Waals surface area contributed by atoms with Crippen LogP contribution in [0.3, 0.4) is 0 Å². The zero-order valence-corrected chi connectivity index (χ0v) is 25.8. The molecule has 0 fully saturated rings. The van der Waals surface area contributed by atoms with E-state index in [2.05, 4.69) is 71.2 Å². The van der Waals surface area contributed by atoms with E-state index in [0.717, 1.165) is 34.9 Å². The Balaban J connectivity index is 1.63. The molecule has 0 spiro atoms. The van der Waals surface area contributed by atoms with Gasteiger partial charge in [-0.15, -0.1) is 0 Å². The van der Waals surface area contributed by atoms with Gasteiger partial charge in [-0.3, -0.25) is 4.79 Å². The Hall–Kier alpha value is -1.21. The SMILES string of the molecule is CCCc1nc2ccc(Br)cc2c(=O)n1N=Cc1cc(I)c(OCc2ccc(Cl)c(Cl)c2)c(I)c1. The average molecular weight is 797 g/mol. The summed E-state index contributed by atoms with van der Waals surface area (Å²) in [6.07, 6.45) is 3.18. The first kappa shape index (κ1) is 26.8. The van der Waals surface area contributed by atoms with Crippen LogP contribution in [0.25, 0.3) is 10.9 Å². The molecule has 0 aliphatic heterocycles. The molecule has 0 saturated carbocycles. The quantitative estimate of drug-likeness (QED) is 0.141. The van der Waals surface area contributed by atoms with Gasteiger partial charge in [0.05, 0.1) is 34.3 Å². The number of fused-ring (bicyclic) bond motifs is 1. The van der Waals surface area contributed by atoms with Gasteiger partial charge in [-0.25, -0.2) is 4.98 Å². The minimum Gasteiger partial charge on any atom is -0.487 e. The van der Waals surface area contributed by atoms with Crippen molar-refractivity contribution in [2.24, 2.45) is 5.10 Å². The zero-order chi connectivity index (χ0) is 25.1. The lowest BCUT2D eigenvalue weighted by molar-refractivity contribution is 0.302. The number of ether oxygens (including phenoxy) is 1. The summed E-state index contributed by atoms with van der Waals surface area (Å²) in [6, 6.07) is 14.9. The van der Waals surface area contributed by atoms with Gasteiger partial charge in [0, 0.05) is 10.9 Å². The topological polar surface area (TPSA) is 56.5 Å². The maximum Gasteiger partial charge on any atom is 0.282 e. The van der Waals surface area contributed by atoms with E-state index < -0.39 is 0 Å². The second-order valence-corrected chi connectivity index (χ2v) is 11.7. The zero-order valence-electron chi connectivity index (χ0n) is 18.4. The van der Waals surface area contributed by atoms with Gasteiger partial charge in [0.25, 0.3) is 5.56 Å². The molecule has 180 valence electrons. The summed E-state index contributed by atoms with van der Waals surface area (Å²) >= 11 is 20.0. The Kier molecular flexibility index (Phi) is 9.12. The number of benzene rings is 3. The minimum absolute atomic E-state index is 0.193. The monoisotopic (exact) mass is 795 g/mol. The number of nitrogens with zero attached hydrogens (tertiary/aromatic N) is 3. The number of hydrogen-bond acceptors (Lipinski definition) is 4. The highest BCUT2D eigenvalue weighted by atomic mass is 127. The Morgan fingerprint density at radius 3 is 2.51 bits per heavy atom. The normalized spacial score (nSPS) is 11.5. The molecular formula is C25H18BrCl2I2N3O2. The fourth-order valence-corrected chi connectivity index (χ4v) is 6.21. The predicted octanol–water partition coefficient (Wildman–Crippen LogP) is 8.09. The van der Waals surface area contributed by atoms with Gasteiger partial charge in [-0.1, -0.05) is 52.1 Å². The van der Waals surface area contributed by atoms with Crippen molar-refractivity contribution in [3.63, 3.8) is 0 Å². The van der Waals surface area contributed by atoms with Gasteiger partial charge in [0.15, 0.2) is 0 Å². The molecule has 0 amide bonds. The maximum absolute atomic E-state index is 13.2. The number of hydrogen-bond donors (Lipinski definition) is 0. The van der Waals surface area contributed by atoms with Crippen molar-refractivity contribution in [1.29, 1.82) is 0 Å². The van der Waals surface area contributed by atoms with Crippen molar-refractivity contribution in [2.75, 3.05) is 0 Å². The molecule has 5 nitrogen and oxygen atoms in total. The lowest BCUT2D eigenvalue weighted by Gasteiger charge is -2.12. The van der Waals surface area contributed by atoms with E-state index in [0.29, 0.717) is 39.8 Å². The minimum atomic E-state index is -0.193. The van der Waals surface area contributed by atoms with Crippen LogP contribution in [0.1, 0.15) is 30.3 Å². The van der Waals surface area contributed by atoms with Gasteiger partial charge < -0.3 is 4.74 Å². The third-order valence-electron chi connectivity index (χ3n) is 5.06. The fourth-order valence-electron chi connectivity index (χ4n) is 3.40. The van der Waals surface area contributed by atoms with E-state index in [1.165, 1.54) is 4.68 Å². The van der Waals surface area contributed by atoms with Crippen LogP contribution < -0.4 is 10.3 Å². The van der Waals surface area contributed by atoms with Gasteiger partial charge in [-0.2, -0.15) is 9.78 Å². The second kappa shape index (κ2) is 11.9. The fraction of sp³-hybridized carbons (Fsp3) is 0.160. The smallest absolute Gasteiger partial charge is 0.282 e. The molecule has 0 unspecified atom stereocenters. The van der Waals surface area contributed by atoms with Crippen molar-refractivity contribution in [2.45, 2.75) is 26.4 Å². The molecular weight excluding hydrogens is 779 g/mol. The first-order valence-corrected chi connectivity index (χ1v) is 14.3. The van der Waals surface area contributed by atoms with Gasteiger partial charge in [0.1, 0.15) is 18.2 Å². The van der Waals surface area contributed by atoms with Crippen molar-refractivity contribution >= 4 is 101 Å². The highest BCUT2D eigenvalue weighted by molar-refractivity contribution is 14.1. The molecule has 4 rings (SSSR count). The van der Waals surface area contributed by atoms with Crippen LogP contribution in [-0.4, -0.2) is 15.9 Å². The van der Waals surface area contributed by atoms with Crippen LogP contribution in [0.2, 0.25) is 10.0 Å². The van der Waals surface area contributed by atoms with E-state index in [-0.39, 0.29) is 5.56 Å². The Morgan fingerprint density at radius 2 is 1.83 bits per heavy atom. The highest BCUT2D eigenvalue weighted by Gasteiger charge is 2.12. The largest absolute Gasteiger partial charge is 0.487 e. The van der Waals surface area contributed by atoms with Crippen molar-refractivity contribution in [3.8, 4) is 5.75 Å². The van der Waals surface area contributed by atoms with Crippen molar-refractivity contribution in [1.82, 2.24) is 9.66 Å². The van der Waals surface area contributed by atoms with E-state index in [1.807, 2.05) is 37.3 Å². The van der Waals surface area contributed by atoms with E-state index in [1.54, 1.807) is 24.4 Å². The lowest BCUT2D eigenvalue weighted by Crippen LogP contribution is -2.22. The van der Waals surface area contributed by atoms with Crippen molar-refractivity contribution < 1.29 is 4.74 Å². The Morgan fingerprint density at radius 1 is 1.09 bits per heavy atom. The second-order valence-electron chi connectivity index (χ2n) is 7.65. The van der Waals surface area contributed by atoms with Crippen LogP contribution in [0.15, 0.2) is 62.9 Å². The molecule has 35 heavy (non-hydrogen) atoms. The molecule has 4 aromatic rings. The predicted molar refractivity (Wildman–Crippen MR) is 163 cm³/mol. The molecule has 0 saturated heterocycles. The molecule has 10 heteroatoms. The molecule has 0 aliphatic carbocycles. The van der Waals surface area contributed by atoms with Crippen molar-refractivity contribution in [3.05, 3.63) is 97.5 Å². The summed E-state index contributed by atoms with van der Waals surface area (Å²) < 4.78 is 10.1. The van der Waals surface area contributed by atoms with E-state index in [9.17, 15) is 4.79 Å². The summed E-state index contributed by atoms with van der Waals surface area (Å²) in [5.41, 5.74) is 2.25. The number of aryl methyl sites for hydroxylation is 1. The van der Waals surface area contributed by atoms with Gasteiger partial charge in [0.2, 0.25) is 0 Å². The highest BCUT2D eigenvalue weighted by Crippen LogP contribution is 2.30. The molecule has 3 aromatic carbocycles. The summed E-state index contributed by atoms with van der Waals surface area (Å²) in [4.78, 5) is 17.9. The van der Waals surface area contributed by atoms with Crippen LogP contribution in [-0.2, 0) is 13.0 Å². The molecule has 0 bridgehead atoms. The van der Waals surface area contributed by atoms with Crippen LogP contribution in [0.4, 0.5) is 0 Å². The van der Waals surface area contributed by atoms with E-state index >= 15 is 0 Å². The third-order valence-corrected chi connectivity index (χ3v) is 7.89. The molecule has 1 heterocycles. The summed E-state index contributed by atoms with van der Waals surface area (Å²) in [5.74, 6) is 1.41. The average Bonchev–Trinajstić information content (AvgIpc) is 2.81. The third kappa shape index (κ3) is 6.38. The van der Waals surface area contributed by atoms with E-state index in [4.69, 9.17) is 27.9 Å². The molecule has 0 radical (unpaired) electrons. The molecule has 1 aromatic heterocycles. The summed E-state index contributed by atoms with van der Waals surface area (Å²) in [5, 5.41) is 6.05. The standard InChI is InChI=1S/C25H18BrCl2I2N3O2/c1-2-3-23-32-22-7-5-16(26)11-17(22)25(34)33(23)31-12-15-9-20(29)24(21(30)10-15)35-13-14-4-6-18(27)19(28)8-14/h4-12H,2-3,13H2,1H3. The maximum atomic E-state index is 13.2. The number of halogens is 5. The van der Waals surface area contributed by atoms with Crippen LogP contribution >= 0.6 is 84.3 Å². The lowest BCUT2D eigenvalue weighted by atomic mass is 10.2. The van der Waals surface area contributed by atoms with Crippen LogP contribution in [0.5, 0.6) is 5.75 Å².